The standard InChI is InChI=1S/2C11H24N2.C10H21N.C9H20N2/c1-11(2,3)13(5)10-6-8-12(4)9-7-10;1-11(2,3)13-8-6-10(7-9-13)12(4)5;1-10(2,3)9-11-7-5-4-6-8-11;1-9(2,3)11-7-5-10(4)6-8-11/h2*10H,6-9H2,1-5H3;4-9H2,1-3H3;5-8H2,1-4H3. The van der Waals surface area contributed by atoms with Gasteiger partial charge in [-0.2, -0.15) is 0 Å². The minimum Gasteiger partial charge on any atom is -0.306 e. The van der Waals surface area contributed by atoms with Crippen LogP contribution in [0.1, 0.15) is 128 Å². The summed E-state index contributed by atoms with van der Waals surface area (Å²) in [5.74, 6) is 0. The predicted molar refractivity (Wildman–Crippen MR) is 215 cm³/mol. The van der Waals surface area contributed by atoms with Crippen molar-refractivity contribution in [1.82, 2.24) is 34.3 Å². The van der Waals surface area contributed by atoms with E-state index in [0.29, 0.717) is 22.0 Å². The SMILES string of the molecule is CC(C)(C)CN1CCCCC1.CN(C)C1CCN(C(C)(C)C)CC1.CN1CCC(N(C)C(C)(C)C)CC1.CN1CCN(C(C)(C)C)CC1. The van der Waals surface area contributed by atoms with Crippen LogP contribution in [-0.2, 0) is 0 Å². The van der Waals surface area contributed by atoms with Crippen LogP contribution in [0.3, 0.4) is 0 Å². The minimum atomic E-state index is 0.320. The minimum absolute atomic E-state index is 0.320. The zero-order valence-electron chi connectivity index (χ0n) is 36.0. The van der Waals surface area contributed by atoms with E-state index in [9.17, 15) is 0 Å². The lowest BCUT2D eigenvalue weighted by Crippen LogP contribution is -2.52. The second kappa shape index (κ2) is 20.7. The summed E-state index contributed by atoms with van der Waals surface area (Å²) in [5.41, 5.74) is 1.52. The lowest BCUT2D eigenvalue weighted by molar-refractivity contribution is 0.0713. The zero-order chi connectivity index (χ0) is 36.9. The van der Waals surface area contributed by atoms with Crippen LogP contribution in [0.25, 0.3) is 0 Å². The van der Waals surface area contributed by atoms with Crippen molar-refractivity contribution in [3.63, 3.8) is 0 Å². The maximum Gasteiger partial charge on any atom is 0.0126 e. The number of nitrogens with zero attached hydrogens (tertiary/aromatic N) is 7. The van der Waals surface area contributed by atoms with Gasteiger partial charge in [-0.05, 0) is 168 Å². The fourth-order valence-electron chi connectivity index (χ4n) is 7.25. The van der Waals surface area contributed by atoms with E-state index in [1.165, 1.54) is 117 Å². The van der Waals surface area contributed by atoms with Crippen LogP contribution >= 0.6 is 0 Å². The van der Waals surface area contributed by atoms with Crippen molar-refractivity contribution >= 4 is 0 Å². The first-order valence-corrected chi connectivity index (χ1v) is 19.9. The van der Waals surface area contributed by atoms with E-state index in [0.717, 1.165) is 12.1 Å². The molecule has 0 spiro atoms. The molecule has 0 saturated carbocycles. The topological polar surface area (TPSA) is 22.7 Å². The maximum absolute atomic E-state index is 2.60. The number of hydrogen-bond donors (Lipinski definition) is 0. The van der Waals surface area contributed by atoms with Crippen molar-refractivity contribution in [2.45, 2.75) is 157 Å². The molecule has 0 aromatic rings. The molecule has 0 aromatic heterocycles. The number of hydrogen-bond acceptors (Lipinski definition) is 7. The Labute approximate surface area is 303 Å². The molecule has 0 radical (unpaired) electrons. The molecule has 0 aromatic carbocycles. The number of piperazine rings is 1. The van der Waals surface area contributed by atoms with Crippen molar-refractivity contribution in [3.8, 4) is 0 Å². The summed E-state index contributed by atoms with van der Waals surface area (Å²) in [5, 5.41) is 0. The lowest BCUT2D eigenvalue weighted by Gasteiger charge is -2.42. The van der Waals surface area contributed by atoms with Gasteiger partial charge >= 0.3 is 0 Å². The van der Waals surface area contributed by atoms with Gasteiger partial charge in [-0.3, -0.25) is 14.7 Å². The molecule has 7 nitrogen and oxygen atoms in total. The van der Waals surface area contributed by atoms with Crippen molar-refractivity contribution in [1.29, 1.82) is 0 Å². The smallest absolute Gasteiger partial charge is 0.0126 e. The highest BCUT2D eigenvalue weighted by Gasteiger charge is 2.29. The maximum atomic E-state index is 2.60. The van der Waals surface area contributed by atoms with E-state index < -0.39 is 0 Å². The van der Waals surface area contributed by atoms with Gasteiger partial charge in [-0.25, -0.2) is 0 Å². The molecule has 4 aliphatic heterocycles. The quantitative estimate of drug-likeness (QED) is 0.312. The Hall–Kier alpha value is -0.280. The Bertz CT molecular complexity index is 802. The summed E-state index contributed by atoms with van der Waals surface area (Å²) in [6.07, 6.45) is 9.57. The molecule has 7 heteroatoms. The van der Waals surface area contributed by atoms with Crippen LogP contribution in [-0.4, -0.2) is 170 Å². The molecule has 0 amide bonds. The van der Waals surface area contributed by atoms with Gasteiger partial charge in [0.05, 0.1) is 0 Å². The first-order chi connectivity index (χ1) is 21.9. The van der Waals surface area contributed by atoms with Crippen molar-refractivity contribution in [2.75, 3.05) is 107 Å². The molecule has 4 heterocycles. The van der Waals surface area contributed by atoms with Crippen LogP contribution in [0.15, 0.2) is 0 Å². The molecule has 0 atom stereocenters. The molecule has 288 valence electrons. The lowest BCUT2D eigenvalue weighted by atomic mass is 9.95. The summed E-state index contributed by atoms with van der Waals surface area (Å²) in [6.45, 7) is 41.5. The molecule has 0 aliphatic carbocycles. The van der Waals surface area contributed by atoms with Crippen LogP contribution in [0, 0.1) is 5.41 Å². The van der Waals surface area contributed by atoms with Gasteiger partial charge < -0.3 is 19.6 Å². The summed E-state index contributed by atoms with van der Waals surface area (Å²) in [6, 6.07) is 1.59. The van der Waals surface area contributed by atoms with E-state index in [2.05, 4.69) is 153 Å². The molecule has 0 N–H and O–H groups in total. The van der Waals surface area contributed by atoms with Crippen LogP contribution in [0.4, 0.5) is 0 Å². The summed E-state index contributed by atoms with van der Waals surface area (Å²) < 4.78 is 0. The number of likely N-dealkylation sites (N-methyl/N-ethyl adjacent to an activating group) is 1. The Kier molecular flexibility index (Phi) is 19.7. The second-order valence-electron chi connectivity index (χ2n) is 20.0. The van der Waals surface area contributed by atoms with Gasteiger partial charge in [0.1, 0.15) is 0 Å². The van der Waals surface area contributed by atoms with Gasteiger partial charge in [-0.15, -0.1) is 0 Å². The van der Waals surface area contributed by atoms with Crippen molar-refractivity contribution in [3.05, 3.63) is 0 Å². The molecular weight excluding hydrogens is 591 g/mol. The highest BCUT2D eigenvalue weighted by molar-refractivity contribution is 4.85. The van der Waals surface area contributed by atoms with Crippen LogP contribution in [0.2, 0.25) is 0 Å². The Balaban J connectivity index is 0.000000321. The first-order valence-electron chi connectivity index (χ1n) is 19.9. The third-order valence-corrected chi connectivity index (χ3v) is 11.0. The van der Waals surface area contributed by atoms with Gasteiger partial charge in [0.15, 0.2) is 0 Å². The van der Waals surface area contributed by atoms with Crippen LogP contribution in [0.5, 0.6) is 0 Å². The van der Waals surface area contributed by atoms with Gasteiger partial charge in [0.25, 0.3) is 0 Å². The molecule has 4 saturated heterocycles. The van der Waals surface area contributed by atoms with Gasteiger partial charge in [0, 0.05) is 74.5 Å². The Morgan fingerprint density at radius 1 is 0.479 bits per heavy atom. The van der Waals surface area contributed by atoms with Crippen molar-refractivity contribution in [2.24, 2.45) is 5.41 Å². The second-order valence-corrected chi connectivity index (χ2v) is 20.0. The highest BCUT2D eigenvalue weighted by Crippen LogP contribution is 2.23. The molecule has 48 heavy (non-hydrogen) atoms. The normalized spacial score (nSPS) is 22.8. The molecule has 4 fully saturated rings. The number of likely N-dealkylation sites (tertiary alicyclic amines) is 3. The third kappa shape index (κ3) is 19.4. The third-order valence-electron chi connectivity index (χ3n) is 11.0. The highest BCUT2D eigenvalue weighted by atomic mass is 15.3. The van der Waals surface area contributed by atoms with Crippen molar-refractivity contribution < 1.29 is 0 Å². The monoisotopic (exact) mass is 680 g/mol. The Morgan fingerprint density at radius 2 is 0.875 bits per heavy atom. The van der Waals surface area contributed by atoms with Gasteiger partial charge in [0.2, 0.25) is 0 Å². The van der Waals surface area contributed by atoms with E-state index in [4.69, 9.17) is 0 Å². The fourth-order valence-corrected chi connectivity index (χ4v) is 7.25. The molecule has 4 aliphatic rings. The number of rotatable bonds is 3. The summed E-state index contributed by atoms with van der Waals surface area (Å²) >= 11 is 0. The Morgan fingerprint density at radius 3 is 1.25 bits per heavy atom. The van der Waals surface area contributed by atoms with E-state index >= 15 is 0 Å². The molecule has 0 bridgehead atoms. The molecular formula is C41H89N7. The summed E-state index contributed by atoms with van der Waals surface area (Å²) in [4.78, 5) is 17.4. The van der Waals surface area contributed by atoms with Gasteiger partial charge in [-0.1, -0.05) is 27.2 Å². The van der Waals surface area contributed by atoms with E-state index in [1.54, 1.807) is 0 Å². The van der Waals surface area contributed by atoms with Crippen LogP contribution < -0.4 is 0 Å². The molecule has 0 unspecified atom stereocenters. The molecule has 4 rings (SSSR count). The average Bonchev–Trinajstić information content (AvgIpc) is 2.97. The first kappa shape index (κ1) is 45.7. The average molecular weight is 680 g/mol. The zero-order valence-corrected chi connectivity index (χ0v) is 36.0. The summed E-state index contributed by atoms with van der Waals surface area (Å²) in [7, 11) is 11.1. The van der Waals surface area contributed by atoms with E-state index in [1.807, 2.05) is 0 Å². The predicted octanol–water partition coefficient (Wildman–Crippen LogP) is 7.17. The number of piperidine rings is 3. The fraction of sp³-hybridized carbons (Fsp3) is 1.00. The van der Waals surface area contributed by atoms with E-state index in [-0.39, 0.29) is 0 Å². The largest absolute Gasteiger partial charge is 0.306 e.